The number of benzene rings is 1. The zero-order valence-electron chi connectivity index (χ0n) is 14.4. The molecule has 0 unspecified atom stereocenters. The lowest BCUT2D eigenvalue weighted by Gasteiger charge is -2.17. The van der Waals surface area contributed by atoms with Crippen molar-refractivity contribution in [3.63, 3.8) is 0 Å². The molecule has 0 spiro atoms. The minimum atomic E-state index is -4.56. The van der Waals surface area contributed by atoms with Crippen LogP contribution in [0.1, 0.15) is 36.8 Å². The lowest BCUT2D eigenvalue weighted by molar-refractivity contribution is -0.141. The summed E-state index contributed by atoms with van der Waals surface area (Å²) in [5.74, 6) is -0.683. The van der Waals surface area contributed by atoms with Crippen molar-refractivity contribution in [1.29, 1.82) is 0 Å². The molecule has 0 saturated carbocycles. The van der Waals surface area contributed by atoms with Crippen LogP contribution in [0.15, 0.2) is 35.3 Å². The van der Waals surface area contributed by atoms with Crippen LogP contribution in [0.3, 0.4) is 0 Å². The van der Waals surface area contributed by atoms with Gasteiger partial charge in [0.25, 0.3) is 5.91 Å². The highest BCUT2D eigenvalue weighted by molar-refractivity contribution is 6.10. The van der Waals surface area contributed by atoms with Gasteiger partial charge in [-0.05, 0) is 39.0 Å². The summed E-state index contributed by atoms with van der Waals surface area (Å²) in [5, 5.41) is 10.5. The number of amides is 1. The van der Waals surface area contributed by atoms with Crippen molar-refractivity contribution in [3.8, 4) is 0 Å². The number of hydrogen-bond acceptors (Lipinski definition) is 4. The van der Waals surface area contributed by atoms with Gasteiger partial charge in [0, 0.05) is 17.3 Å². The highest BCUT2D eigenvalue weighted by Crippen LogP contribution is 2.28. The van der Waals surface area contributed by atoms with Crippen LogP contribution < -0.4 is 16.4 Å². The molecule has 1 aromatic carbocycles. The SMILES string of the molecule is CC(C)(C)N=C(NC(=O)c1cccc(N)c1)Nc1cc(C(F)(F)F)[nH]n1. The van der Waals surface area contributed by atoms with Gasteiger partial charge in [0.1, 0.15) is 5.69 Å². The summed E-state index contributed by atoms with van der Waals surface area (Å²) in [6.07, 6.45) is -4.56. The van der Waals surface area contributed by atoms with Crippen LogP contribution in [0.2, 0.25) is 0 Å². The molecule has 0 fully saturated rings. The Balaban J connectivity index is 2.23. The first-order valence-corrected chi connectivity index (χ1v) is 7.60. The zero-order valence-corrected chi connectivity index (χ0v) is 14.4. The number of nitrogens with two attached hydrogens (primary N) is 1. The van der Waals surface area contributed by atoms with Crippen LogP contribution in [0.25, 0.3) is 0 Å². The van der Waals surface area contributed by atoms with Crippen LogP contribution >= 0.6 is 0 Å². The molecule has 0 aliphatic rings. The molecule has 2 rings (SSSR count). The molecular formula is C16H19F3N6O. The highest BCUT2D eigenvalue weighted by Gasteiger charge is 2.33. The number of alkyl halides is 3. The van der Waals surface area contributed by atoms with E-state index < -0.39 is 23.3 Å². The summed E-state index contributed by atoms with van der Waals surface area (Å²) in [5.41, 5.74) is 4.72. The number of guanidine groups is 1. The molecule has 2 aromatic rings. The van der Waals surface area contributed by atoms with E-state index in [1.165, 1.54) is 6.07 Å². The molecule has 0 bridgehead atoms. The zero-order chi connectivity index (χ0) is 19.5. The number of aromatic amines is 1. The number of nitrogens with zero attached hydrogens (tertiary/aromatic N) is 2. The quantitative estimate of drug-likeness (QED) is 0.371. The topological polar surface area (TPSA) is 108 Å². The lowest BCUT2D eigenvalue weighted by atomic mass is 10.1. The van der Waals surface area contributed by atoms with Gasteiger partial charge in [-0.15, -0.1) is 0 Å². The Bertz CT molecular complexity index is 820. The van der Waals surface area contributed by atoms with Crippen molar-refractivity contribution in [2.45, 2.75) is 32.5 Å². The largest absolute Gasteiger partial charge is 0.432 e. The van der Waals surface area contributed by atoms with Gasteiger partial charge in [-0.25, -0.2) is 4.99 Å². The first-order chi connectivity index (χ1) is 11.9. The second-order valence-electron chi connectivity index (χ2n) is 6.50. The number of aromatic nitrogens is 2. The molecule has 1 heterocycles. The Labute approximate surface area is 147 Å². The van der Waals surface area contributed by atoms with E-state index in [4.69, 9.17) is 5.73 Å². The Kier molecular flexibility index (Phi) is 5.24. The van der Waals surface area contributed by atoms with E-state index in [1.54, 1.807) is 39.0 Å². The molecule has 1 amide bonds. The predicted molar refractivity (Wildman–Crippen MR) is 92.7 cm³/mol. The number of halogens is 3. The Morgan fingerprint density at radius 2 is 1.92 bits per heavy atom. The van der Waals surface area contributed by atoms with Gasteiger partial charge in [-0.2, -0.15) is 18.3 Å². The highest BCUT2D eigenvalue weighted by atomic mass is 19.4. The van der Waals surface area contributed by atoms with E-state index in [-0.39, 0.29) is 17.3 Å². The predicted octanol–water partition coefficient (Wildman–Crippen LogP) is 3.01. The average Bonchev–Trinajstić information content (AvgIpc) is 2.94. The Hall–Kier alpha value is -3.04. The van der Waals surface area contributed by atoms with Gasteiger partial charge in [-0.3, -0.25) is 15.2 Å². The first kappa shape index (κ1) is 19.3. The fourth-order valence-corrected chi connectivity index (χ4v) is 1.93. The number of rotatable bonds is 2. The number of carbonyl (C=O) groups excluding carboxylic acids is 1. The van der Waals surface area contributed by atoms with Gasteiger partial charge in [0.2, 0.25) is 5.96 Å². The van der Waals surface area contributed by atoms with Gasteiger partial charge < -0.3 is 11.1 Å². The van der Waals surface area contributed by atoms with Gasteiger partial charge >= 0.3 is 6.18 Å². The third-order valence-corrected chi connectivity index (χ3v) is 2.96. The molecule has 0 atom stereocenters. The minimum absolute atomic E-state index is 0.0369. The molecule has 1 aromatic heterocycles. The van der Waals surface area contributed by atoms with E-state index >= 15 is 0 Å². The van der Waals surface area contributed by atoms with Gasteiger partial charge in [-0.1, -0.05) is 6.07 Å². The molecule has 0 radical (unpaired) electrons. The van der Waals surface area contributed by atoms with Crippen molar-refractivity contribution in [1.82, 2.24) is 15.5 Å². The van der Waals surface area contributed by atoms with E-state index in [9.17, 15) is 18.0 Å². The second kappa shape index (κ2) is 7.06. The van der Waals surface area contributed by atoms with Crippen molar-refractivity contribution in [2.24, 2.45) is 4.99 Å². The normalized spacial score (nSPS) is 12.8. The van der Waals surface area contributed by atoms with Crippen LogP contribution in [0.4, 0.5) is 24.7 Å². The van der Waals surface area contributed by atoms with Gasteiger partial charge in [0.05, 0.1) is 5.54 Å². The van der Waals surface area contributed by atoms with Crippen LogP contribution in [-0.4, -0.2) is 27.6 Å². The summed E-state index contributed by atoms with van der Waals surface area (Å²) in [4.78, 5) is 16.6. The molecule has 0 aliphatic heterocycles. The number of nitrogens with one attached hydrogen (secondary N) is 3. The first-order valence-electron chi connectivity index (χ1n) is 7.60. The molecule has 10 heteroatoms. The fourth-order valence-electron chi connectivity index (χ4n) is 1.93. The van der Waals surface area contributed by atoms with E-state index in [2.05, 4.69) is 20.7 Å². The number of aliphatic imine (C=N–C) groups is 1. The van der Waals surface area contributed by atoms with Crippen LogP contribution in [-0.2, 0) is 6.18 Å². The second-order valence-corrected chi connectivity index (χ2v) is 6.50. The number of anilines is 2. The number of hydrogen-bond donors (Lipinski definition) is 4. The van der Waals surface area contributed by atoms with Crippen molar-refractivity contribution in [2.75, 3.05) is 11.1 Å². The summed E-state index contributed by atoms with van der Waals surface area (Å²) in [6, 6.07) is 7.05. The molecule has 140 valence electrons. The van der Waals surface area contributed by atoms with Crippen molar-refractivity contribution in [3.05, 3.63) is 41.6 Å². The molecule has 26 heavy (non-hydrogen) atoms. The molecule has 5 N–H and O–H groups in total. The standard InChI is InChI=1S/C16H19F3N6O/c1-15(2,3)23-14(21-12-8-11(24-25-12)16(17,18)19)22-13(26)9-5-4-6-10(20)7-9/h4-8H,20H2,1-3H3,(H3,21,22,23,24,25,26). The molecular weight excluding hydrogens is 349 g/mol. The fraction of sp³-hybridized carbons (Fsp3) is 0.312. The Morgan fingerprint density at radius 1 is 1.23 bits per heavy atom. The summed E-state index contributed by atoms with van der Waals surface area (Å²) in [6.45, 7) is 5.31. The van der Waals surface area contributed by atoms with E-state index in [0.29, 0.717) is 5.69 Å². The van der Waals surface area contributed by atoms with E-state index in [0.717, 1.165) is 6.07 Å². The monoisotopic (exact) mass is 368 g/mol. The molecule has 0 saturated heterocycles. The Morgan fingerprint density at radius 3 is 2.46 bits per heavy atom. The number of nitrogen functional groups attached to an aromatic ring is 1. The maximum Gasteiger partial charge on any atom is 0.432 e. The molecule has 7 nitrogen and oxygen atoms in total. The summed E-state index contributed by atoms with van der Waals surface area (Å²) < 4.78 is 38.0. The molecule has 0 aliphatic carbocycles. The third-order valence-electron chi connectivity index (χ3n) is 2.96. The van der Waals surface area contributed by atoms with Gasteiger partial charge in [0.15, 0.2) is 5.82 Å². The van der Waals surface area contributed by atoms with Crippen molar-refractivity contribution >= 4 is 23.4 Å². The van der Waals surface area contributed by atoms with Crippen LogP contribution in [0, 0.1) is 0 Å². The average molecular weight is 368 g/mol. The van der Waals surface area contributed by atoms with Crippen molar-refractivity contribution < 1.29 is 18.0 Å². The maximum absolute atomic E-state index is 12.7. The summed E-state index contributed by atoms with van der Waals surface area (Å²) >= 11 is 0. The smallest absolute Gasteiger partial charge is 0.399 e. The maximum atomic E-state index is 12.7. The lowest BCUT2D eigenvalue weighted by Crippen LogP contribution is -2.38. The number of carbonyl (C=O) groups is 1. The third kappa shape index (κ3) is 5.50. The van der Waals surface area contributed by atoms with Crippen LogP contribution in [0.5, 0.6) is 0 Å². The van der Waals surface area contributed by atoms with E-state index in [1.807, 2.05) is 5.10 Å². The number of H-pyrrole nitrogens is 1. The summed E-state index contributed by atoms with van der Waals surface area (Å²) in [7, 11) is 0. The minimum Gasteiger partial charge on any atom is -0.399 e.